The predicted molar refractivity (Wildman–Crippen MR) is 40.9 cm³/mol. The van der Waals surface area contributed by atoms with Gasteiger partial charge in [0, 0.05) is 0 Å². The maximum atomic E-state index is 7.33. The van der Waals surface area contributed by atoms with Crippen molar-refractivity contribution in [1.82, 2.24) is 0 Å². The van der Waals surface area contributed by atoms with Gasteiger partial charge in [0.15, 0.2) is 0 Å². The molecule has 0 spiro atoms. The Morgan fingerprint density at radius 3 is 0.583 bits per heavy atom. The van der Waals surface area contributed by atoms with Crippen LogP contribution in [0.15, 0.2) is 0 Å². The topological polar surface area (TPSA) is 193 Å². The monoisotopic (exact) mass is 252 g/mol. The Hall–Kier alpha value is 1.33. The smallest absolute Gasteiger partial charge is 1.00 e. The summed E-state index contributed by atoms with van der Waals surface area (Å²) in [5, 5.41) is 0. The van der Waals surface area contributed by atoms with E-state index < -0.39 is 18.1 Å². The molecule has 0 fully saturated rings. The van der Waals surface area contributed by atoms with Gasteiger partial charge in [-0.3, -0.25) is 0 Å². The van der Waals surface area contributed by atoms with Crippen LogP contribution in [0.4, 0.5) is 0 Å². The van der Waals surface area contributed by atoms with E-state index in [4.69, 9.17) is 38.4 Å². The van der Waals surface area contributed by atoms with Crippen molar-refractivity contribution >= 4 is 55.8 Å². The van der Waals surface area contributed by atoms with E-state index in [1.807, 2.05) is 0 Å². The summed E-state index contributed by atoms with van der Waals surface area (Å²) in [4.78, 5) is 58.6. The molecular weight excluding hydrogens is 240 g/mol. The first kappa shape index (κ1) is 23.3. The van der Waals surface area contributed by atoms with E-state index in [2.05, 4.69) is 0 Å². The summed E-state index contributed by atoms with van der Waals surface area (Å²) in [6.07, 6.45) is 0. The van der Waals surface area contributed by atoms with Crippen LogP contribution in [0.3, 0.4) is 0 Å². The molecule has 9 nitrogen and oxygen atoms in total. The fourth-order valence-electron chi connectivity index (χ4n) is 0. The normalized spacial score (nSPS) is 10.0. The zero-order valence-corrected chi connectivity index (χ0v) is 9.99. The van der Waals surface area contributed by atoms with Crippen LogP contribution in [-0.2, 0) is 0 Å². The van der Waals surface area contributed by atoms with Crippen molar-refractivity contribution < 1.29 is 46.7 Å². The number of hydrogen-bond donors (Lipinski definition) is 8. The minimum absolute atomic E-state index is 0. The summed E-state index contributed by atoms with van der Waals surface area (Å²) in [5.41, 5.74) is 0. The van der Waals surface area contributed by atoms with E-state index in [9.17, 15) is 0 Å². The summed E-state index contributed by atoms with van der Waals surface area (Å²) in [6, 6.07) is 0. The Kier molecular flexibility index (Phi) is 17.3. The second-order valence-electron chi connectivity index (χ2n) is 1.20. The van der Waals surface area contributed by atoms with E-state index in [1.54, 1.807) is 0 Å². The average Bonchev–Trinajstić information content (AvgIpc) is 1.12. The molecule has 0 unspecified atom stereocenters. The van der Waals surface area contributed by atoms with Gasteiger partial charge in [0.2, 0.25) is 0 Å². The van der Waals surface area contributed by atoms with Gasteiger partial charge >= 0.3 is 55.8 Å². The van der Waals surface area contributed by atoms with E-state index in [0.717, 1.165) is 0 Å². The van der Waals surface area contributed by atoms with Crippen molar-refractivity contribution in [3.8, 4) is 0 Å². The third-order valence-electron chi connectivity index (χ3n) is 0. The van der Waals surface area contributed by atoms with Gasteiger partial charge in [-0.2, -0.15) is 0 Å². The van der Waals surface area contributed by atoms with Crippen molar-refractivity contribution in [2.24, 2.45) is 0 Å². The van der Waals surface area contributed by atoms with Gasteiger partial charge in [-0.1, -0.05) is 0 Å². The minimum Gasteiger partial charge on any atom is -1.00 e. The average molecular weight is 252 g/mol. The van der Waals surface area contributed by atoms with Crippen molar-refractivity contribution in [3.63, 3.8) is 0 Å². The Morgan fingerprint density at radius 1 is 0.583 bits per heavy atom. The van der Waals surface area contributed by atoms with Gasteiger partial charge < -0.3 is 46.7 Å². The van der Waals surface area contributed by atoms with Crippen LogP contribution < -0.4 is 0 Å². The van der Waals surface area contributed by atoms with Crippen molar-refractivity contribution in [1.29, 1.82) is 0 Å². The molecule has 0 rings (SSSR count). The second kappa shape index (κ2) is 8.91. The molecule has 0 heterocycles. The molecule has 0 aromatic carbocycles. The number of hydrogen-bond acceptors (Lipinski definition) is 8. The zero-order valence-electron chi connectivity index (χ0n) is 7.78. The third-order valence-corrected chi connectivity index (χ3v) is 0. The Bertz CT molecular complexity index is 63.8. The maximum absolute atomic E-state index is 7.33. The molecule has 76 valence electrons. The first-order valence-corrected chi connectivity index (χ1v) is 5.37. The van der Waals surface area contributed by atoms with Crippen LogP contribution in [0.1, 0.15) is 2.85 Å². The van der Waals surface area contributed by atoms with Crippen LogP contribution in [0.2, 0.25) is 0 Å². The molecule has 10 N–H and O–H groups in total. The largest absolute Gasteiger partial charge is 2.00 e. The van der Waals surface area contributed by atoms with E-state index in [1.165, 1.54) is 0 Å². The molecule has 0 saturated carbocycles. The Labute approximate surface area is 102 Å². The van der Waals surface area contributed by atoms with Gasteiger partial charge in [-0.15, -0.1) is 0 Å². The quantitative estimate of drug-likeness (QED) is 0.195. The third kappa shape index (κ3) is 681. The molecule has 0 aromatic rings. The SMILES string of the molecule is O.O[Si](O)(O)O.O[Si](O)(O)O.[Ca+2].[H-].[H-]. The van der Waals surface area contributed by atoms with E-state index in [0.29, 0.717) is 0 Å². The van der Waals surface area contributed by atoms with Crippen molar-refractivity contribution in [2.45, 2.75) is 0 Å². The molecular formula is H12CaO9Si2. The van der Waals surface area contributed by atoms with Crippen LogP contribution in [-0.4, -0.2) is 99.7 Å². The van der Waals surface area contributed by atoms with Gasteiger partial charge in [-0.05, 0) is 0 Å². The Morgan fingerprint density at radius 2 is 0.583 bits per heavy atom. The molecule has 0 bridgehead atoms. The molecule has 0 aromatic heterocycles. The molecule has 0 saturated heterocycles. The standard InChI is InChI=1S/Ca.2H4O4Si.H2O.2H/c;2*1-5(2,3)4;;;/h;2*1-4H;1H2;;/q+2;;;;2*-1. The van der Waals surface area contributed by atoms with Crippen LogP contribution in [0.5, 0.6) is 0 Å². The summed E-state index contributed by atoms with van der Waals surface area (Å²) < 4.78 is 0. The molecule has 12 heteroatoms. The van der Waals surface area contributed by atoms with Crippen molar-refractivity contribution in [2.75, 3.05) is 0 Å². The fourth-order valence-corrected chi connectivity index (χ4v) is 0. The van der Waals surface area contributed by atoms with Gasteiger partial charge in [0.05, 0.1) is 0 Å². The minimum atomic E-state index is -4.61. The van der Waals surface area contributed by atoms with Crippen molar-refractivity contribution in [3.05, 3.63) is 0 Å². The van der Waals surface area contributed by atoms with Crippen LogP contribution in [0, 0.1) is 0 Å². The first-order chi connectivity index (χ1) is 4.00. The van der Waals surface area contributed by atoms with Gasteiger partial charge in [-0.25, -0.2) is 0 Å². The summed E-state index contributed by atoms with van der Waals surface area (Å²) in [7, 11) is -9.22. The number of rotatable bonds is 0. The Balaban J connectivity index is -0.0000000178. The molecule has 0 aliphatic carbocycles. The first-order valence-electron chi connectivity index (χ1n) is 1.79. The van der Waals surface area contributed by atoms with E-state index >= 15 is 0 Å². The predicted octanol–water partition coefficient (Wildman–Crippen LogP) is -6.20. The fraction of sp³-hybridized carbons (Fsp3) is 0. The molecule has 0 aliphatic heterocycles. The molecule has 0 radical (unpaired) electrons. The summed E-state index contributed by atoms with van der Waals surface area (Å²) >= 11 is 0. The van der Waals surface area contributed by atoms with Gasteiger partial charge in [0.25, 0.3) is 0 Å². The van der Waals surface area contributed by atoms with Gasteiger partial charge in [0.1, 0.15) is 0 Å². The molecule has 12 heavy (non-hydrogen) atoms. The summed E-state index contributed by atoms with van der Waals surface area (Å²) in [6.45, 7) is 0. The van der Waals surface area contributed by atoms with Crippen LogP contribution in [0.25, 0.3) is 0 Å². The molecule has 0 amide bonds. The summed E-state index contributed by atoms with van der Waals surface area (Å²) in [5.74, 6) is 0. The van der Waals surface area contributed by atoms with Crippen LogP contribution >= 0.6 is 0 Å². The maximum Gasteiger partial charge on any atom is 2.00 e. The second-order valence-corrected chi connectivity index (χ2v) is 3.60. The van der Waals surface area contributed by atoms with E-state index in [-0.39, 0.29) is 46.1 Å². The molecule has 0 atom stereocenters. The zero-order chi connectivity index (χ0) is 9.00. The molecule has 0 aliphatic rings.